The van der Waals surface area contributed by atoms with Crippen LogP contribution >= 0.6 is 11.3 Å². The van der Waals surface area contributed by atoms with Crippen LogP contribution in [0.2, 0.25) is 0 Å². The number of aromatic nitrogens is 5. The number of anilines is 1. The predicted molar refractivity (Wildman–Crippen MR) is 82.7 cm³/mol. The fourth-order valence-electron chi connectivity index (χ4n) is 1.95. The van der Waals surface area contributed by atoms with Gasteiger partial charge in [0, 0.05) is 17.8 Å². The van der Waals surface area contributed by atoms with Gasteiger partial charge < -0.3 is 5.32 Å². The molecular weight excluding hydrogens is 284 g/mol. The van der Waals surface area contributed by atoms with Crippen molar-refractivity contribution in [2.24, 2.45) is 0 Å². The molecule has 0 aromatic carbocycles. The normalized spacial score (nSPS) is 10.8. The Morgan fingerprint density at radius 1 is 1.29 bits per heavy atom. The van der Waals surface area contributed by atoms with Crippen LogP contribution in [0.5, 0.6) is 0 Å². The molecule has 0 unspecified atom stereocenters. The molecule has 3 heterocycles. The molecule has 3 aromatic rings. The molecule has 0 bridgehead atoms. The Hall–Kier alpha value is -2.28. The molecule has 0 saturated heterocycles. The van der Waals surface area contributed by atoms with Crippen molar-refractivity contribution >= 4 is 17.2 Å². The van der Waals surface area contributed by atoms with Crippen molar-refractivity contribution in [2.45, 2.75) is 26.8 Å². The highest BCUT2D eigenvalue weighted by Crippen LogP contribution is 2.13. The third kappa shape index (κ3) is 3.08. The Bertz CT molecular complexity index is 732. The third-order valence-corrected chi connectivity index (χ3v) is 4.09. The minimum absolute atomic E-state index is 0.650. The van der Waals surface area contributed by atoms with Crippen LogP contribution in [-0.2, 0) is 13.0 Å². The number of thiazole rings is 1. The maximum absolute atomic E-state index is 4.54. The fourth-order valence-corrected chi connectivity index (χ4v) is 2.70. The number of rotatable bonds is 5. The second-order valence-corrected chi connectivity index (χ2v) is 5.49. The number of nitrogens with one attached hydrogen (secondary N) is 1. The zero-order valence-corrected chi connectivity index (χ0v) is 12.8. The van der Waals surface area contributed by atoms with Crippen LogP contribution in [0.3, 0.4) is 0 Å². The number of hydrogen-bond acceptors (Lipinski definition) is 6. The first-order chi connectivity index (χ1) is 10.3. The van der Waals surface area contributed by atoms with Gasteiger partial charge in [0.25, 0.3) is 0 Å². The number of hydrogen-bond donors (Lipinski definition) is 1. The molecule has 3 rings (SSSR count). The molecule has 0 aliphatic carbocycles. The van der Waals surface area contributed by atoms with Gasteiger partial charge in [0.15, 0.2) is 5.82 Å². The minimum Gasteiger partial charge on any atom is -0.363 e. The zero-order chi connectivity index (χ0) is 14.7. The first-order valence-corrected chi connectivity index (χ1v) is 7.63. The summed E-state index contributed by atoms with van der Waals surface area (Å²) >= 11 is 1.69. The molecule has 0 atom stereocenters. The van der Waals surface area contributed by atoms with Gasteiger partial charge in [-0.25, -0.2) is 15.0 Å². The van der Waals surface area contributed by atoms with Gasteiger partial charge in [0.2, 0.25) is 0 Å². The summed E-state index contributed by atoms with van der Waals surface area (Å²) < 4.78 is 1.90. The van der Waals surface area contributed by atoms with E-state index >= 15 is 0 Å². The molecule has 0 saturated carbocycles. The molecule has 7 heteroatoms. The molecule has 0 aliphatic rings. The first kappa shape index (κ1) is 13.7. The molecule has 108 valence electrons. The average Bonchev–Trinajstić information content (AvgIpc) is 3.14. The van der Waals surface area contributed by atoms with Gasteiger partial charge in [-0.05, 0) is 13.3 Å². The second kappa shape index (κ2) is 6.01. The largest absolute Gasteiger partial charge is 0.363 e. The smallest absolute Gasteiger partial charge is 0.159 e. The van der Waals surface area contributed by atoms with Crippen molar-refractivity contribution in [3.8, 4) is 5.82 Å². The zero-order valence-electron chi connectivity index (χ0n) is 11.9. The van der Waals surface area contributed by atoms with Crippen LogP contribution in [0.25, 0.3) is 5.82 Å². The molecule has 0 aliphatic heterocycles. The monoisotopic (exact) mass is 300 g/mol. The van der Waals surface area contributed by atoms with Crippen molar-refractivity contribution < 1.29 is 0 Å². The summed E-state index contributed by atoms with van der Waals surface area (Å²) in [5, 5.41) is 6.48. The summed E-state index contributed by atoms with van der Waals surface area (Å²) in [7, 11) is 0. The molecule has 0 amide bonds. The summed E-state index contributed by atoms with van der Waals surface area (Å²) in [6.45, 7) is 4.69. The molecule has 0 fully saturated rings. The number of imidazole rings is 1. The highest BCUT2D eigenvalue weighted by atomic mass is 32.1. The SMILES string of the molecule is CCc1nc(CNc2cncc(-n3ccnc3C)n2)cs1. The van der Waals surface area contributed by atoms with E-state index in [0.717, 1.165) is 34.6 Å². The molecular formula is C14H16N6S. The maximum atomic E-state index is 4.54. The third-order valence-electron chi connectivity index (χ3n) is 3.05. The van der Waals surface area contributed by atoms with Crippen LogP contribution in [0.1, 0.15) is 23.4 Å². The van der Waals surface area contributed by atoms with Crippen molar-refractivity contribution in [2.75, 3.05) is 5.32 Å². The highest BCUT2D eigenvalue weighted by Gasteiger charge is 2.05. The topological polar surface area (TPSA) is 68.5 Å². The lowest BCUT2D eigenvalue weighted by molar-refractivity contribution is 0.912. The maximum Gasteiger partial charge on any atom is 0.159 e. The van der Waals surface area contributed by atoms with Gasteiger partial charge in [-0.2, -0.15) is 0 Å². The number of aryl methyl sites for hydroxylation is 2. The van der Waals surface area contributed by atoms with Gasteiger partial charge in [-0.3, -0.25) is 9.55 Å². The molecule has 3 aromatic heterocycles. The quantitative estimate of drug-likeness (QED) is 0.784. The molecule has 6 nitrogen and oxygen atoms in total. The van der Waals surface area contributed by atoms with Crippen LogP contribution in [-0.4, -0.2) is 24.5 Å². The van der Waals surface area contributed by atoms with E-state index in [1.165, 1.54) is 0 Å². The van der Waals surface area contributed by atoms with Crippen LogP contribution < -0.4 is 5.32 Å². The van der Waals surface area contributed by atoms with Gasteiger partial charge in [-0.15, -0.1) is 11.3 Å². The minimum atomic E-state index is 0.650. The molecule has 0 spiro atoms. The van der Waals surface area contributed by atoms with Crippen molar-refractivity contribution in [3.63, 3.8) is 0 Å². The summed E-state index contributed by atoms with van der Waals surface area (Å²) in [5.74, 6) is 2.36. The Labute approximate surface area is 126 Å². The van der Waals surface area contributed by atoms with Gasteiger partial charge in [0.05, 0.1) is 29.6 Å². The lowest BCUT2D eigenvalue weighted by atomic mass is 10.4. The Kier molecular flexibility index (Phi) is 3.92. The van der Waals surface area contributed by atoms with Gasteiger partial charge >= 0.3 is 0 Å². The van der Waals surface area contributed by atoms with Crippen LogP contribution in [0.15, 0.2) is 30.2 Å². The van der Waals surface area contributed by atoms with Crippen LogP contribution in [0.4, 0.5) is 5.82 Å². The van der Waals surface area contributed by atoms with Crippen molar-refractivity contribution in [1.29, 1.82) is 0 Å². The van der Waals surface area contributed by atoms with Gasteiger partial charge in [0.1, 0.15) is 11.6 Å². The van der Waals surface area contributed by atoms with Crippen molar-refractivity contribution in [3.05, 3.63) is 46.7 Å². The molecule has 1 N–H and O–H groups in total. The van der Waals surface area contributed by atoms with Crippen LogP contribution in [0, 0.1) is 6.92 Å². The summed E-state index contributed by atoms with van der Waals surface area (Å²) in [5.41, 5.74) is 1.03. The Morgan fingerprint density at radius 2 is 2.19 bits per heavy atom. The average molecular weight is 300 g/mol. The lowest BCUT2D eigenvalue weighted by Gasteiger charge is -2.07. The summed E-state index contributed by atoms with van der Waals surface area (Å²) in [6.07, 6.45) is 8.02. The van der Waals surface area contributed by atoms with Gasteiger partial charge in [-0.1, -0.05) is 6.92 Å². The number of nitrogens with zero attached hydrogens (tertiary/aromatic N) is 5. The second-order valence-electron chi connectivity index (χ2n) is 4.55. The molecule has 0 radical (unpaired) electrons. The van der Waals surface area contributed by atoms with E-state index in [-0.39, 0.29) is 0 Å². The standard InChI is InChI=1S/C14H16N6S/c1-3-14-18-11(9-21-14)6-17-12-7-15-8-13(19-12)20-5-4-16-10(20)2/h4-5,7-9H,3,6H2,1-2H3,(H,17,19). The fraction of sp³-hybridized carbons (Fsp3) is 0.286. The predicted octanol–water partition coefficient (Wildman–Crippen LogP) is 2.60. The summed E-state index contributed by atoms with van der Waals surface area (Å²) in [4.78, 5) is 17.5. The van der Waals surface area contributed by atoms with E-state index in [1.54, 1.807) is 29.9 Å². The van der Waals surface area contributed by atoms with E-state index in [0.29, 0.717) is 6.54 Å². The molecule has 21 heavy (non-hydrogen) atoms. The Morgan fingerprint density at radius 3 is 2.90 bits per heavy atom. The Balaban J connectivity index is 1.73. The van der Waals surface area contributed by atoms with E-state index in [4.69, 9.17) is 0 Å². The van der Waals surface area contributed by atoms with E-state index in [9.17, 15) is 0 Å². The van der Waals surface area contributed by atoms with E-state index in [2.05, 4.69) is 37.6 Å². The van der Waals surface area contributed by atoms with E-state index in [1.807, 2.05) is 17.7 Å². The highest BCUT2D eigenvalue weighted by molar-refractivity contribution is 7.09. The lowest BCUT2D eigenvalue weighted by Crippen LogP contribution is -2.06. The first-order valence-electron chi connectivity index (χ1n) is 6.75. The summed E-state index contributed by atoms with van der Waals surface area (Å²) in [6, 6.07) is 0. The van der Waals surface area contributed by atoms with Crippen molar-refractivity contribution in [1.82, 2.24) is 24.5 Å². The van der Waals surface area contributed by atoms with E-state index < -0.39 is 0 Å².